The van der Waals surface area contributed by atoms with Gasteiger partial charge in [0.05, 0.1) is 0 Å². The van der Waals surface area contributed by atoms with E-state index >= 15 is 0 Å². The van der Waals surface area contributed by atoms with Crippen molar-refractivity contribution < 1.29 is 0 Å². The Labute approximate surface area is 94.4 Å². The average molecular weight is 210 g/mol. The maximum Gasteiger partial charge on any atom is 0.00151 e. The molecule has 0 spiro atoms. The van der Waals surface area contributed by atoms with Crippen LogP contribution in [0.25, 0.3) is 0 Å². The van der Waals surface area contributed by atoms with E-state index in [1.165, 1.54) is 45.6 Å². The molecule has 0 aromatic rings. The predicted molar refractivity (Wildman–Crippen MR) is 65.0 cm³/mol. The van der Waals surface area contributed by atoms with Gasteiger partial charge in [-0.25, -0.2) is 0 Å². The number of nitrogens with one attached hydrogen (secondary N) is 1. The van der Waals surface area contributed by atoms with E-state index in [-0.39, 0.29) is 0 Å². The topological polar surface area (TPSA) is 15.3 Å². The van der Waals surface area contributed by atoms with E-state index < -0.39 is 0 Å². The van der Waals surface area contributed by atoms with Crippen molar-refractivity contribution in [3.05, 3.63) is 0 Å². The molecule has 2 fully saturated rings. The van der Waals surface area contributed by atoms with Crippen LogP contribution < -0.4 is 5.32 Å². The summed E-state index contributed by atoms with van der Waals surface area (Å²) in [4.78, 5) is 2.67. The van der Waals surface area contributed by atoms with Gasteiger partial charge < -0.3 is 10.2 Å². The zero-order chi connectivity index (χ0) is 10.9. The van der Waals surface area contributed by atoms with Gasteiger partial charge in [-0.3, -0.25) is 0 Å². The van der Waals surface area contributed by atoms with E-state index in [1.54, 1.807) is 0 Å². The first-order valence-electron chi connectivity index (χ1n) is 6.49. The predicted octanol–water partition coefficient (Wildman–Crippen LogP) is 1.96. The summed E-state index contributed by atoms with van der Waals surface area (Å²) in [6, 6.07) is 0. The molecule has 0 bridgehead atoms. The Kier molecular flexibility index (Phi) is 3.36. The molecule has 0 radical (unpaired) electrons. The second-order valence-electron chi connectivity index (χ2n) is 6.47. The van der Waals surface area contributed by atoms with Crippen LogP contribution >= 0.6 is 0 Å². The van der Waals surface area contributed by atoms with Gasteiger partial charge in [0.2, 0.25) is 0 Å². The number of rotatable bonds is 3. The monoisotopic (exact) mass is 210 g/mol. The highest BCUT2D eigenvalue weighted by molar-refractivity contribution is 4.85. The van der Waals surface area contributed by atoms with Crippen LogP contribution in [0.5, 0.6) is 0 Å². The molecule has 2 saturated heterocycles. The SMILES string of the molecule is CC(C)(C)C1CCN(CCC2CNC2)C1. The van der Waals surface area contributed by atoms with Crippen LogP contribution in [0, 0.1) is 17.3 Å². The lowest BCUT2D eigenvalue weighted by molar-refractivity contribution is 0.213. The van der Waals surface area contributed by atoms with Crippen molar-refractivity contribution in [1.29, 1.82) is 0 Å². The van der Waals surface area contributed by atoms with Crippen molar-refractivity contribution in [1.82, 2.24) is 10.2 Å². The van der Waals surface area contributed by atoms with Gasteiger partial charge in [-0.15, -0.1) is 0 Å². The fourth-order valence-electron chi connectivity index (χ4n) is 2.66. The van der Waals surface area contributed by atoms with E-state index in [9.17, 15) is 0 Å². The third kappa shape index (κ3) is 2.94. The summed E-state index contributed by atoms with van der Waals surface area (Å²) in [5, 5.41) is 3.35. The van der Waals surface area contributed by atoms with E-state index in [0.29, 0.717) is 5.41 Å². The molecule has 0 aliphatic carbocycles. The molecular formula is C13H26N2. The van der Waals surface area contributed by atoms with Gasteiger partial charge in [-0.2, -0.15) is 0 Å². The lowest BCUT2D eigenvalue weighted by atomic mass is 9.80. The molecule has 1 unspecified atom stereocenters. The molecule has 15 heavy (non-hydrogen) atoms. The Bertz CT molecular complexity index is 203. The van der Waals surface area contributed by atoms with Crippen molar-refractivity contribution in [3.63, 3.8) is 0 Å². The van der Waals surface area contributed by atoms with Gasteiger partial charge >= 0.3 is 0 Å². The largest absolute Gasteiger partial charge is 0.316 e. The summed E-state index contributed by atoms with van der Waals surface area (Å²) in [7, 11) is 0. The second kappa shape index (κ2) is 4.42. The molecule has 0 aromatic heterocycles. The first-order valence-corrected chi connectivity index (χ1v) is 6.49. The quantitative estimate of drug-likeness (QED) is 0.766. The van der Waals surface area contributed by atoms with Gasteiger partial charge in [0.1, 0.15) is 0 Å². The second-order valence-corrected chi connectivity index (χ2v) is 6.47. The summed E-state index contributed by atoms with van der Waals surface area (Å²) < 4.78 is 0. The maximum atomic E-state index is 3.35. The molecule has 2 heterocycles. The summed E-state index contributed by atoms with van der Waals surface area (Å²) in [6.45, 7) is 13.7. The number of nitrogens with zero attached hydrogens (tertiary/aromatic N) is 1. The van der Waals surface area contributed by atoms with Gasteiger partial charge in [-0.1, -0.05) is 20.8 Å². The molecule has 0 aromatic carbocycles. The smallest absolute Gasteiger partial charge is 0.00151 e. The van der Waals surface area contributed by atoms with Crippen LogP contribution in [0.15, 0.2) is 0 Å². The Morgan fingerprint density at radius 3 is 2.47 bits per heavy atom. The van der Waals surface area contributed by atoms with Gasteiger partial charge in [0.25, 0.3) is 0 Å². The van der Waals surface area contributed by atoms with Crippen LogP contribution in [-0.4, -0.2) is 37.6 Å². The molecule has 0 saturated carbocycles. The number of likely N-dealkylation sites (tertiary alicyclic amines) is 1. The average Bonchev–Trinajstić information content (AvgIpc) is 2.48. The Morgan fingerprint density at radius 1 is 1.27 bits per heavy atom. The highest BCUT2D eigenvalue weighted by Gasteiger charge is 2.31. The van der Waals surface area contributed by atoms with Gasteiger partial charge in [0, 0.05) is 6.54 Å². The Hall–Kier alpha value is -0.0800. The number of hydrogen-bond acceptors (Lipinski definition) is 2. The standard InChI is InChI=1S/C13H26N2/c1-13(2,3)12-5-7-15(10-12)6-4-11-8-14-9-11/h11-12,14H,4-10H2,1-3H3. The lowest BCUT2D eigenvalue weighted by Gasteiger charge is -2.30. The molecule has 0 amide bonds. The normalized spacial score (nSPS) is 29.4. The summed E-state index contributed by atoms with van der Waals surface area (Å²) in [6.07, 6.45) is 2.82. The molecule has 2 heteroatoms. The maximum absolute atomic E-state index is 3.35. The molecule has 2 aliphatic rings. The van der Waals surface area contributed by atoms with Crippen molar-refractivity contribution in [2.45, 2.75) is 33.6 Å². The van der Waals surface area contributed by atoms with Crippen molar-refractivity contribution >= 4 is 0 Å². The van der Waals surface area contributed by atoms with E-state index in [4.69, 9.17) is 0 Å². The van der Waals surface area contributed by atoms with Crippen LogP contribution in [0.1, 0.15) is 33.6 Å². The highest BCUT2D eigenvalue weighted by Crippen LogP contribution is 2.33. The Balaban J connectivity index is 1.68. The fraction of sp³-hybridized carbons (Fsp3) is 1.00. The van der Waals surface area contributed by atoms with E-state index in [1.807, 2.05) is 0 Å². The van der Waals surface area contributed by atoms with Gasteiger partial charge in [-0.05, 0) is 56.3 Å². The lowest BCUT2D eigenvalue weighted by Crippen LogP contribution is -2.43. The van der Waals surface area contributed by atoms with E-state index in [0.717, 1.165) is 11.8 Å². The van der Waals surface area contributed by atoms with Crippen LogP contribution in [-0.2, 0) is 0 Å². The molecule has 2 nitrogen and oxygen atoms in total. The highest BCUT2D eigenvalue weighted by atomic mass is 15.1. The minimum absolute atomic E-state index is 0.507. The van der Waals surface area contributed by atoms with Crippen LogP contribution in [0.3, 0.4) is 0 Å². The summed E-state index contributed by atoms with van der Waals surface area (Å²) in [5.74, 6) is 1.88. The van der Waals surface area contributed by atoms with Crippen molar-refractivity contribution in [2.75, 3.05) is 32.7 Å². The van der Waals surface area contributed by atoms with E-state index in [2.05, 4.69) is 31.0 Å². The Morgan fingerprint density at radius 2 is 2.00 bits per heavy atom. The zero-order valence-corrected chi connectivity index (χ0v) is 10.6. The summed E-state index contributed by atoms with van der Waals surface area (Å²) in [5.41, 5.74) is 0.507. The van der Waals surface area contributed by atoms with Crippen LogP contribution in [0.2, 0.25) is 0 Å². The minimum atomic E-state index is 0.507. The summed E-state index contributed by atoms with van der Waals surface area (Å²) >= 11 is 0. The molecule has 2 aliphatic heterocycles. The molecule has 2 rings (SSSR count). The fourth-order valence-corrected chi connectivity index (χ4v) is 2.66. The first kappa shape index (κ1) is 11.4. The molecule has 1 N–H and O–H groups in total. The zero-order valence-electron chi connectivity index (χ0n) is 10.6. The molecule has 1 atom stereocenters. The minimum Gasteiger partial charge on any atom is -0.316 e. The first-order chi connectivity index (χ1) is 7.05. The van der Waals surface area contributed by atoms with Crippen molar-refractivity contribution in [3.8, 4) is 0 Å². The molecular weight excluding hydrogens is 184 g/mol. The number of hydrogen-bond donors (Lipinski definition) is 1. The van der Waals surface area contributed by atoms with Crippen LogP contribution in [0.4, 0.5) is 0 Å². The van der Waals surface area contributed by atoms with Gasteiger partial charge in [0.15, 0.2) is 0 Å². The third-order valence-corrected chi connectivity index (χ3v) is 4.22. The van der Waals surface area contributed by atoms with Crippen molar-refractivity contribution in [2.24, 2.45) is 17.3 Å². The third-order valence-electron chi connectivity index (χ3n) is 4.22. The molecule has 88 valence electrons.